The highest BCUT2D eigenvalue weighted by Crippen LogP contribution is 2.19. The van der Waals surface area contributed by atoms with Crippen molar-refractivity contribution in [2.24, 2.45) is 5.73 Å². The van der Waals surface area contributed by atoms with E-state index in [1.807, 2.05) is 0 Å². The molecule has 0 atom stereocenters. The summed E-state index contributed by atoms with van der Waals surface area (Å²) in [7, 11) is 0. The quantitative estimate of drug-likeness (QED) is 0.539. The number of rotatable bonds is 6. The average Bonchev–Trinajstić information content (AvgIpc) is 2.27. The second kappa shape index (κ2) is 6.37. The number of esters is 1. The zero-order valence-electron chi connectivity index (χ0n) is 9.22. The van der Waals surface area contributed by atoms with E-state index >= 15 is 0 Å². The fraction of sp³-hybridized carbons (Fsp3) is 0.273. The maximum Gasteiger partial charge on any atom is 0.344 e. The molecule has 1 aromatic rings. The Balaban J connectivity index is 2.29. The molecule has 0 saturated heterocycles. The van der Waals surface area contributed by atoms with Crippen LogP contribution >= 0.6 is 0 Å². The lowest BCUT2D eigenvalue weighted by atomic mass is 10.3. The van der Waals surface area contributed by atoms with Crippen molar-refractivity contribution < 1.29 is 19.1 Å². The molecule has 0 spiro atoms. The number of hydrogen-bond acceptors (Lipinski definition) is 5. The summed E-state index contributed by atoms with van der Waals surface area (Å²) in [6, 6.07) is 6.80. The van der Waals surface area contributed by atoms with Crippen molar-refractivity contribution in [3.63, 3.8) is 0 Å². The van der Waals surface area contributed by atoms with Crippen LogP contribution in [-0.4, -0.2) is 25.1 Å². The maximum atomic E-state index is 11.2. The average molecular weight is 238 g/mol. The van der Waals surface area contributed by atoms with Crippen LogP contribution in [0, 0.1) is 0 Å². The molecule has 0 aliphatic carbocycles. The van der Waals surface area contributed by atoms with Crippen LogP contribution in [0.5, 0.6) is 5.75 Å². The Kier molecular flexibility index (Phi) is 4.80. The van der Waals surface area contributed by atoms with Crippen LogP contribution in [0.4, 0.5) is 5.69 Å². The van der Waals surface area contributed by atoms with Gasteiger partial charge in [0.2, 0.25) is 5.91 Å². The standard InChI is InChI=1S/C11H14N2O4/c12-8-3-1-2-4-9(8)17-7-11(15)16-6-5-10(13)14/h1-4H,5-7,12H2,(H2,13,14). The third kappa shape index (κ3) is 4.87. The first-order chi connectivity index (χ1) is 8.09. The van der Waals surface area contributed by atoms with E-state index in [1.165, 1.54) is 0 Å². The number of nitrogen functional groups attached to an aromatic ring is 1. The number of anilines is 1. The molecule has 1 amide bonds. The zero-order chi connectivity index (χ0) is 12.7. The molecular formula is C11H14N2O4. The first-order valence-electron chi connectivity index (χ1n) is 5.01. The number of para-hydroxylation sites is 2. The van der Waals surface area contributed by atoms with E-state index in [1.54, 1.807) is 24.3 Å². The Hall–Kier alpha value is -2.24. The van der Waals surface area contributed by atoms with Gasteiger partial charge in [0.1, 0.15) is 12.4 Å². The molecule has 6 heteroatoms. The summed E-state index contributed by atoms with van der Waals surface area (Å²) >= 11 is 0. The van der Waals surface area contributed by atoms with Crippen molar-refractivity contribution in [1.82, 2.24) is 0 Å². The van der Waals surface area contributed by atoms with Crippen molar-refractivity contribution in [3.05, 3.63) is 24.3 Å². The Labute approximate surface area is 98.5 Å². The first kappa shape index (κ1) is 12.8. The molecule has 0 aliphatic rings. The van der Waals surface area contributed by atoms with Crippen LogP contribution in [-0.2, 0) is 14.3 Å². The molecule has 0 radical (unpaired) electrons. The van der Waals surface area contributed by atoms with Crippen LogP contribution < -0.4 is 16.2 Å². The predicted molar refractivity (Wildman–Crippen MR) is 61.1 cm³/mol. The number of amides is 1. The molecule has 1 aromatic carbocycles. The summed E-state index contributed by atoms with van der Waals surface area (Å²) in [6.07, 6.45) is -0.000778. The highest BCUT2D eigenvalue weighted by Gasteiger charge is 2.06. The Morgan fingerprint density at radius 3 is 2.59 bits per heavy atom. The topological polar surface area (TPSA) is 105 Å². The van der Waals surface area contributed by atoms with Crippen molar-refractivity contribution in [1.29, 1.82) is 0 Å². The van der Waals surface area contributed by atoms with Gasteiger partial charge in [0.25, 0.3) is 0 Å². The monoisotopic (exact) mass is 238 g/mol. The van der Waals surface area contributed by atoms with E-state index in [4.69, 9.17) is 20.9 Å². The smallest absolute Gasteiger partial charge is 0.344 e. The van der Waals surface area contributed by atoms with E-state index in [0.717, 1.165) is 0 Å². The van der Waals surface area contributed by atoms with E-state index in [2.05, 4.69) is 0 Å². The lowest BCUT2D eigenvalue weighted by molar-refractivity contribution is -0.146. The molecule has 17 heavy (non-hydrogen) atoms. The molecule has 1 rings (SSSR count). The number of carbonyl (C=O) groups is 2. The number of ether oxygens (including phenoxy) is 2. The first-order valence-corrected chi connectivity index (χ1v) is 5.01. The van der Waals surface area contributed by atoms with Crippen LogP contribution in [0.25, 0.3) is 0 Å². The Bertz CT molecular complexity index is 406. The summed E-state index contributed by atoms with van der Waals surface area (Å²) < 4.78 is 9.85. The highest BCUT2D eigenvalue weighted by atomic mass is 16.6. The van der Waals surface area contributed by atoms with Crippen molar-refractivity contribution >= 4 is 17.6 Å². The van der Waals surface area contributed by atoms with Gasteiger partial charge < -0.3 is 20.9 Å². The van der Waals surface area contributed by atoms with Gasteiger partial charge in [-0.25, -0.2) is 4.79 Å². The molecule has 0 fully saturated rings. The molecule has 4 N–H and O–H groups in total. The normalized spacial score (nSPS) is 9.65. The Morgan fingerprint density at radius 2 is 1.94 bits per heavy atom. The lowest BCUT2D eigenvalue weighted by Crippen LogP contribution is -2.19. The van der Waals surface area contributed by atoms with E-state index in [-0.39, 0.29) is 19.6 Å². The number of carbonyl (C=O) groups excluding carboxylic acids is 2. The van der Waals surface area contributed by atoms with Gasteiger partial charge >= 0.3 is 5.97 Å². The van der Waals surface area contributed by atoms with Gasteiger partial charge in [-0.3, -0.25) is 4.79 Å². The number of hydrogen-bond donors (Lipinski definition) is 2. The van der Waals surface area contributed by atoms with Gasteiger partial charge in [0.15, 0.2) is 6.61 Å². The minimum absolute atomic E-state index is 0.000778. The third-order valence-electron chi connectivity index (χ3n) is 1.88. The molecule has 0 aromatic heterocycles. The van der Waals surface area contributed by atoms with Crippen molar-refractivity contribution in [2.75, 3.05) is 18.9 Å². The van der Waals surface area contributed by atoms with Crippen LogP contribution in [0.3, 0.4) is 0 Å². The van der Waals surface area contributed by atoms with Crippen LogP contribution in [0.1, 0.15) is 6.42 Å². The molecule has 0 saturated carbocycles. The van der Waals surface area contributed by atoms with Crippen LogP contribution in [0.15, 0.2) is 24.3 Å². The maximum absolute atomic E-state index is 11.2. The summed E-state index contributed by atoms with van der Waals surface area (Å²) in [6.45, 7) is -0.297. The molecule has 0 aliphatic heterocycles. The molecule has 0 heterocycles. The van der Waals surface area contributed by atoms with Crippen LogP contribution in [0.2, 0.25) is 0 Å². The van der Waals surface area contributed by atoms with Gasteiger partial charge in [-0.1, -0.05) is 12.1 Å². The predicted octanol–water partition coefficient (Wildman–Crippen LogP) is 0.0662. The number of primary amides is 1. The number of nitrogens with two attached hydrogens (primary N) is 2. The van der Waals surface area contributed by atoms with Gasteiger partial charge in [0, 0.05) is 0 Å². The summed E-state index contributed by atoms with van der Waals surface area (Å²) in [5.41, 5.74) is 10.9. The van der Waals surface area contributed by atoms with E-state index in [9.17, 15) is 9.59 Å². The fourth-order valence-corrected chi connectivity index (χ4v) is 1.06. The highest BCUT2D eigenvalue weighted by molar-refractivity contribution is 5.75. The summed E-state index contributed by atoms with van der Waals surface area (Å²) in [4.78, 5) is 21.6. The second-order valence-electron chi connectivity index (χ2n) is 3.26. The minimum atomic E-state index is -0.575. The van der Waals surface area contributed by atoms with Crippen molar-refractivity contribution in [3.8, 4) is 5.75 Å². The molecule has 92 valence electrons. The molecule has 0 bridgehead atoms. The summed E-state index contributed by atoms with van der Waals surface area (Å²) in [5.74, 6) is -0.681. The zero-order valence-corrected chi connectivity index (χ0v) is 9.22. The molecular weight excluding hydrogens is 224 g/mol. The minimum Gasteiger partial charge on any atom is -0.480 e. The SMILES string of the molecule is NC(=O)CCOC(=O)COc1ccccc1N. The van der Waals surface area contributed by atoms with E-state index in [0.29, 0.717) is 11.4 Å². The van der Waals surface area contributed by atoms with Crippen molar-refractivity contribution in [2.45, 2.75) is 6.42 Å². The molecule has 0 unspecified atom stereocenters. The summed E-state index contributed by atoms with van der Waals surface area (Å²) in [5, 5.41) is 0. The lowest BCUT2D eigenvalue weighted by Gasteiger charge is -2.08. The van der Waals surface area contributed by atoms with Gasteiger partial charge in [-0.2, -0.15) is 0 Å². The molecule has 6 nitrogen and oxygen atoms in total. The number of benzene rings is 1. The third-order valence-corrected chi connectivity index (χ3v) is 1.88. The van der Waals surface area contributed by atoms with Gasteiger partial charge in [0.05, 0.1) is 12.1 Å². The van der Waals surface area contributed by atoms with Gasteiger partial charge in [-0.15, -0.1) is 0 Å². The largest absolute Gasteiger partial charge is 0.480 e. The van der Waals surface area contributed by atoms with E-state index < -0.39 is 11.9 Å². The van der Waals surface area contributed by atoms with Gasteiger partial charge in [-0.05, 0) is 12.1 Å². The Morgan fingerprint density at radius 1 is 1.24 bits per heavy atom. The fourth-order valence-electron chi connectivity index (χ4n) is 1.06. The second-order valence-corrected chi connectivity index (χ2v) is 3.26.